The number of cyclic esters (lactones) is 1. The maximum atomic E-state index is 14.0. The van der Waals surface area contributed by atoms with Gasteiger partial charge in [-0.15, -0.1) is 0 Å². The number of amides is 1. The summed E-state index contributed by atoms with van der Waals surface area (Å²) in [4.78, 5) is 41.3. The first-order valence-corrected chi connectivity index (χ1v) is 14.1. The van der Waals surface area contributed by atoms with Gasteiger partial charge in [0.2, 0.25) is 11.8 Å². The van der Waals surface area contributed by atoms with Crippen molar-refractivity contribution in [3.05, 3.63) is 88.9 Å². The Kier molecular flexibility index (Phi) is 7.77. The highest BCUT2D eigenvalue weighted by Crippen LogP contribution is 2.39. The molecule has 0 radical (unpaired) electrons. The smallest absolute Gasteiger partial charge is 0.411 e. The molecule has 10 nitrogen and oxygen atoms in total. The fourth-order valence-electron chi connectivity index (χ4n) is 5.63. The Morgan fingerprint density at radius 1 is 1.04 bits per heavy atom. The molecule has 6 rings (SSSR count). The Balaban J connectivity index is 1.41. The number of carbonyl (C=O) groups is 2. The molecule has 1 amide bonds. The highest BCUT2D eigenvalue weighted by atomic mass is 19.1. The average Bonchev–Trinajstić information content (AvgIpc) is 3.27. The van der Waals surface area contributed by atoms with E-state index < -0.39 is 42.0 Å². The number of halogens is 3. The van der Waals surface area contributed by atoms with Gasteiger partial charge in [0.15, 0.2) is 0 Å². The van der Waals surface area contributed by atoms with Gasteiger partial charge in [0.05, 0.1) is 44.0 Å². The van der Waals surface area contributed by atoms with Crippen LogP contribution >= 0.6 is 0 Å². The summed E-state index contributed by atoms with van der Waals surface area (Å²) in [5.41, 5.74) is 3.80. The van der Waals surface area contributed by atoms with E-state index in [0.29, 0.717) is 27.9 Å². The Morgan fingerprint density at radius 2 is 1.78 bits per heavy atom. The topological polar surface area (TPSA) is 118 Å². The minimum Gasteiger partial charge on any atom is -0.481 e. The second-order valence-electron chi connectivity index (χ2n) is 11.0. The van der Waals surface area contributed by atoms with Crippen LogP contribution in [-0.4, -0.2) is 69.4 Å². The number of pyridine rings is 1. The molecule has 2 saturated heterocycles. The molecule has 2 aromatic carbocycles. The van der Waals surface area contributed by atoms with Gasteiger partial charge in [-0.05, 0) is 55.3 Å². The first kappa shape index (κ1) is 29.9. The van der Waals surface area contributed by atoms with Crippen molar-refractivity contribution < 1.29 is 37.3 Å². The number of carbonyl (C=O) groups excluding carboxylic acids is 1. The van der Waals surface area contributed by atoms with Gasteiger partial charge in [-0.3, -0.25) is 4.90 Å². The predicted molar refractivity (Wildman–Crippen MR) is 157 cm³/mol. The fourth-order valence-corrected chi connectivity index (χ4v) is 5.63. The minimum atomic E-state index is -1.04. The standard InChI is InChI=1S/C32H28F3N5O5/c1-16-6-18(30(41)42)4-5-24(16)20-9-25(29(44-3)36-11-20)26-12-37-31(39-13-23(35)14-39)38-27(26)15-40-17(2)28(45-32(40)43)19-7-21(33)10-22(34)8-19/h4-12,17,23,28H,13-15H2,1-3H3,(H,41,42). The molecule has 13 heteroatoms. The number of benzene rings is 2. The molecular weight excluding hydrogens is 591 g/mol. The van der Waals surface area contributed by atoms with Crippen molar-refractivity contribution in [2.45, 2.75) is 38.7 Å². The lowest BCUT2D eigenvalue weighted by Gasteiger charge is -2.34. The van der Waals surface area contributed by atoms with Gasteiger partial charge in [-0.2, -0.15) is 0 Å². The summed E-state index contributed by atoms with van der Waals surface area (Å²) in [5.74, 6) is -2.10. The Hall–Kier alpha value is -5.20. The third kappa shape index (κ3) is 5.73. The van der Waals surface area contributed by atoms with Gasteiger partial charge in [-0.25, -0.2) is 37.7 Å². The van der Waals surface area contributed by atoms with E-state index >= 15 is 0 Å². The summed E-state index contributed by atoms with van der Waals surface area (Å²) in [6.45, 7) is 3.67. The molecule has 232 valence electrons. The van der Waals surface area contributed by atoms with Gasteiger partial charge in [0.1, 0.15) is 23.9 Å². The number of aryl methyl sites for hydroxylation is 1. The molecular formula is C32H28F3N5O5. The number of aromatic carboxylic acids is 1. The molecule has 1 N–H and O–H groups in total. The van der Waals surface area contributed by atoms with Crippen LogP contribution in [0.5, 0.6) is 5.88 Å². The number of hydrogen-bond acceptors (Lipinski definition) is 8. The highest BCUT2D eigenvalue weighted by molar-refractivity contribution is 5.89. The second kappa shape index (κ2) is 11.7. The molecule has 0 bridgehead atoms. The molecule has 4 aromatic rings. The van der Waals surface area contributed by atoms with Crippen LogP contribution in [0.3, 0.4) is 0 Å². The normalized spacial score (nSPS) is 18.1. The lowest BCUT2D eigenvalue weighted by Crippen LogP contribution is -2.49. The molecule has 2 aliphatic rings. The second-order valence-corrected chi connectivity index (χ2v) is 11.0. The van der Waals surface area contributed by atoms with Crippen LogP contribution in [0.1, 0.15) is 40.2 Å². The third-order valence-corrected chi connectivity index (χ3v) is 8.02. The maximum Gasteiger partial charge on any atom is 0.411 e. The van der Waals surface area contributed by atoms with Gasteiger partial charge < -0.3 is 19.5 Å². The number of ether oxygens (including phenoxy) is 2. The van der Waals surface area contributed by atoms with E-state index in [1.807, 2.05) is 6.07 Å². The first-order chi connectivity index (χ1) is 21.5. The van der Waals surface area contributed by atoms with Crippen LogP contribution in [0, 0.1) is 18.6 Å². The zero-order valence-corrected chi connectivity index (χ0v) is 24.5. The summed E-state index contributed by atoms with van der Waals surface area (Å²) < 4.78 is 52.8. The van der Waals surface area contributed by atoms with Crippen molar-refractivity contribution in [3.63, 3.8) is 0 Å². The van der Waals surface area contributed by atoms with E-state index in [0.717, 1.165) is 23.8 Å². The number of alkyl halides is 1. The largest absolute Gasteiger partial charge is 0.481 e. The van der Waals surface area contributed by atoms with Crippen molar-refractivity contribution in [1.82, 2.24) is 19.9 Å². The summed E-state index contributed by atoms with van der Waals surface area (Å²) in [5, 5.41) is 9.38. The van der Waals surface area contributed by atoms with Gasteiger partial charge in [0.25, 0.3) is 0 Å². The molecule has 2 aromatic heterocycles. The van der Waals surface area contributed by atoms with E-state index in [4.69, 9.17) is 14.5 Å². The Bertz CT molecular complexity index is 1800. The maximum absolute atomic E-state index is 14.0. The van der Waals surface area contributed by atoms with Crippen LogP contribution in [0.25, 0.3) is 22.3 Å². The number of carboxylic acid groups (broad SMARTS) is 1. The molecule has 0 aliphatic carbocycles. The Labute approximate surface area is 256 Å². The molecule has 2 atom stereocenters. The summed E-state index contributed by atoms with van der Waals surface area (Å²) >= 11 is 0. The van der Waals surface area contributed by atoms with Gasteiger partial charge in [0, 0.05) is 40.7 Å². The van der Waals surface area contributed by atoms with Crippen LogP contribution in [0.4, 0.5) is 23.9 Å². The quantitative estimate of drug-likeness (QED) is 0.264. The number of carboxylic acids is 1. The van der Waals surface area contributed by atoms with Crippen molar-refractivity contribution >= 4 is 18.0 Å². The van der Waals surface area contributed by atoms with E-state index in [1.165, 1.54) is 18.1 Å². The molecule has 2 aliphatic heterocycles. The fraction of sp³-hybridized carbons (Fsp3) is 0.281. The number of anilines is 1. The van der Waals surface area contributed by atoms with E-state index in [-0.39, 0.29) is 42.6 Å². The third-order valence-electron chi connectivity index (χ3n) is 8.02. The number of methoxy groups -OCH3 is 1. The van der Waals surface area contributed by atoms with E-state index in [9.17, 15) is 27.9 Å². The lowest BCUT2D eigenvalue weighted by atomic mass is 9.96. The first-order valence-electron chi connectivity index (χ1n) is 14.1. The summed E-state index contributed by atoms with van der Waals surface area (Å²) in [6.07, 6.45) is 0.507. The molecule has 45 heavy (non-hydrogen) atoms. The molecule has 0 saturated carbocycles. The van der Waals surface area contributed by atoms with E-state index in [1.54, 1.807) is 43.3 Å². The number of hydrogen-bond donors (Lipinski definition) is 1. The minimum absolute atomic E-state index is 0.0776. The molecule has 2 unspecified atom stereocenters. The highest BCUT2D eigenvalue weighted by Gasteiger charge is 2.41. The Morgan fingerprint density at radius 3 is 2.42 bits per heavy atom. The van der Waals surface area contributed by atoms with Gasteiger partial charge >= 0.3 is 12.1 Å². The predicted octanol–water partition coefficient (Wildman–Crippen LogP) is 5.74. The van der Waals surface area contributed by atoms with Crippen LogP contribution in [-0.2, 0) is 11.3 Å². The zero-order chi connectivity index (χ0) is 32.0. The summed E-state index contributed by atoms with van der Waals surface area (Å²) in [6, 6.07) is 8.93. The average molecular weight is 620 g/mol. The number of aromatic nitrogens is 3. The van der Waals surface area contributed by atoms with Crippen LogP contribution < -0.4 is 9.64 Å². The number of rotatable bonds is 8. The van der Waals surface area contributed by atoms with Crippen molar-refractivity contribution in [3.8, 4) is 28.1 Å². The monoisotopic (exact) mass is 619 g/mol. The SMILES string of the molecule is COc1ncc(-c2ccc(C(=O)O)cc2C)cc1-c1cnc(N2CC(F)C2)nc1CN1C(=O)OC(c2cc(F)cc(F)c2)C1C. The van der Waals surface area contributed by atoms with Crippen LogP contribution in [0.2, 0.25) is 0 Å². The van der Waals surface area contributed by atoms with Crippen molar-refractivity contribution in [2.75, 3.05) is 25.1 Å². The zero-order valence-electron chi connectivity index (χ0n) is 24.5. The van der Waals surface area contributed by atoms with Gasteiger partial charge in [-0.1, -0.05) is 6.07 Å². The molecule has 4 heterocycles. The van der Waals surface area contributed by atoms with E-state index in [2.05, 4.69) is 9.97 Å². The summed E-state index contributed by atoms with van der Waals surface area (Å²) in [7, 11) is 1.46. The number of nitrogens with zero attached hydrogens (tertiary/aromatic N) is 5. The molecule has 0 spiro atoms. The lowest BCUT2D eigenvalue weighted by molar-refractivity contribution is 0.0696. The van der Waals surface area contributed by atoms with Crippen molar-refractivity contribution in [2.24, 2.45) is 0 Å². The van der Waals surface area contributed by atoms with Crippen molar-refractivity contribution in [1.29, 1.82) is 0 Å². The molecule has 2 fully saturated rings. The van der Waals surface area contributed by atoms with Crippen LogP contribution in [0.15, 0.2) is 54.9 Å².